The van der Waals surface area contributed by atoms with Gasteiger partial charge in [-0.3, -0.25) is 4.90 Å². The van der Waals surface area contributed by atoms with E-state index in [0.29, 0.717) is 5.54 Å². The number of rotatable bonds is 4. The van der Waals surface area contributed by atoms with Gasteiger partial charge in [0.05, 0.1) is 0 Å². The lowest BCUT2D eigenvalue weighted by atomic mass is 9.92. The van der Waals surface area contributed by atoms with Crippen LogP contribution in [0, 0.1) is 5.92 Å². The molecule has 1 aliphatic rings. The summed E-state index contributed by atoms with van der Waals surface area (Å²) in [6, 6.07) is 0.762. The van der Waals surface area contributed by atoms with E-state index in [-0.39, 0.29) is 0 Å². The highest BCUT2D eigenvalue weighted by Crippen LogP contribution is 2.21. The maximum absolute atomic E-state index is 3.65. The standard InChI is InChI=1S/C13H28N2/c1-6-12(11(3)4)15-9-8-14-13(5,7-2)10-15/h11-12,14H,6-10H2,1-5H3. The first-order chi connectivity index (χ1) is 7.02. The Kier molecular flexibility index (Phi) is 4.60. The van der Waals surface area contributed by atoms with Crippen molar-refractivity contribution in [2.75, 3.05) is 19.6 Å². The van der Waals surface area contributed by atoms with E-state index < -0.39 is 0 Å². The van der Waals surface area contributed by atoms with Crippen LogP contribution in [0.2, 0.25) is 0 Å². The molecule has 1 N–H and O–H groups in total. The van der Waals surface area contributed by atoms with E-state index in [1.807, 2.05) is 0 Å². The molecule has 1 fully saturated rings. The zero-order valence-electron chi connectivity index (χ0n) is 11.1. The molecule has 2 heteroatoms. The van der Waals surface area contributed by atoms with Crippen molar-refractivity contribution in [2.24, 2.45) is 5.92 Å². The van der Waals surface area contributed by atoms with Gasteiger partial charge in [-0.2, -0.15) is 0 Å². The van der Waals surface area contributed by atoms with Gasteiger partial charge in [0.2, 0.25) is 0 Å². The highest BCUT2D eigenvalue weighted by atomic mass is 15.2. The lowest BCUT2D eigenvalue weighted by Crippen LogP contribution is -2.61. The number of hydrogen-bond donors (Lipinski definition) is 1. The summed E-state index contributed by atoms with van der Waals surface area (Å²) in [5, 5.41) is 3.65. The van der Waals surface area contributed by atoms with Gasteiger partial charge in [0.1, 0.15) is 0 Å². The average Bonchev–Trinajstić information content (AvgIpc) is 2.18. The Hall–Kier alpha value is -0.0800. The van der Waals surface area contributed by atoms with Crippen molar-refractivity contribution in [1.29, 1.82) is 0 Å². The van der Waals surface area contributed by atoms with E-state index in [1.165, 1.54) is 25.9 Å². The zero-order chi connectivity index (χ0) is 11.5. The van der Waals surface area contributed by atoms with Crippen molar-refractivity contribution < 1.29 is 0 Å². The quantitative estimate of drug-likeness (QED) is 0.770. The third kappa shape index (κ3) is 3.18. The first-order valence-electron chi connectivity index (χ1n) is 6.51. The molecule has 0 aliphatic carbocycles. The summed E-state index contributed by atoms with van der Waals surface area (Å²) in [7, 11) is 0. The van der Waals surface area contributed by atoms with Crippen LogP contribution in [0.25, 0.3) is 0 Å². The Bertz CT molecular complexity index is 191. The normalized spacial score (nSPS) is 30.8. The second kappa shape index (κ2) is 5.31. The Labute approximate surface area is 95.4 Å². The number of nitrogens with one attached hydrogen (secondary N) is 1. The Morgan fingerprint density at radius 1 is 1.33 bits per heavy atom. The second-order valence-electron chi connectivity index (χ2n) is 5.53. The average molecular weight is 212 g/mol. The molecule has 0 spiro atoms. The minimum atomic E-state index is 0.334. The largest absolute Gasteiger partial charge is 0.309 e. The minimum Gasteiger partial charge on any atom is -0.309 e. The molecule has 1 rings (SSSR count). The first kappa shape index (κ1) is 13.0. The van der Waals surface area contributed by atoms with Crippen LogP contribution in [0.3, 0.4) is 0 Å². The fourth-order valence-corrected chi connectivity index (χ4v) is 2.76. The summed E-state index contributed by atoms with van der Waals surface area (Å²) >= 11 is 0. The molecule has 90 valence electrons. The van der Waals surface area contributed by atoms with Gasteiger partial charge >= 0.3 is 0 Å². The third-order valence-electron chi connectivity index (χ3n) is 3.94. The van der Waals surface area contributed by atoms with Crippen molar-refractivity contribution in [3.63, 3.8) is 0 Å². The SMILES string of the molecule is CCC(C(C)C)N1CCNC(C)(CC)C1. The van der Waals surface area contributed by atoms with E-state index in [1.54, 1.807) is 0 Å². The molecular formula is C13H28N2. The fraction of sp³-hybridized carbons (Fsp3) is 1.00. The molecule has 1 saturated heterocycles. The molecule has 0 radical (unpaired) electrons. The van der Waals surface area contributed by atoms with Crippen molar-refractivity contribution in [1.82, 2.24) is 10.2 Å². The molecular weight excluding hydrogens is 184 g/mol. The molecule has 15 heavy (non-hydrogen) atoms. The van der Waals surface area contributed by atoms with Crippen LogP contribution in [0.5, 0.6) is 0 Å². The van der Waals surface area contributed by atoms with Crippen molar-refractivity contribution in [3.8, 4) is 0 Å². The molecule has 0 bridgehead atoms. The number of hydrogen-bond acceptors (Lipinski definition) is 2. The molecule has 0 aromatic carbocycles. The summed E-state index contributed by atoms with van der Waals surface area (Å²) in [5.41, 5.74) is 0.334. The van der Waals surface area contributed by atoms with E-state index in [9.17, 15) is 0 Å². The van der Waals surface area contributed by atoms with Crippen LogP contribution < -0.4 is 5.32 Å². The molecule has 0 aromatic heterocycles. The van der Waals surface area contributed by atoms with Crippen LogP contribution in [0.4, 0.5) is 0 Å². The lowest BCUT2D eigenvalue weighted by Gasteiger charge is -2.45. The smallest absolute Gasteiger partial charge is 0.0278 e. The number of piperazine rings is 1. The molecule has 2 unspecified atom stereocenters. The maximum Gasteiger partial charge on any atom is 0.0278 e. The summed E-state index contributed by atoms with van der Waals surface area (Å²) in [6.07, 6.45) is 2.50. The van der Waals surface area contributed by atoms with Crippen LogP contribution in [-0.2, 0) is 0 Å². The van der Waals surface area contributed by atoms with Crippen molar-refractivity contribution >= 4 is 0 Å². The van der Waals surface area contributed by atoms with Gasteiger partial charge in [0.25, 0.3) is 0 Å². The van der Waals surface area contributed by atoms with E-state index >= 15 is 0 Å². The lowest BCUT2D eigenvalue weighted by molar-refractivity contribution is 0.0738. The monoisotopic (exact) mass is 212 g/mol. The van der Waals surface area contributed by atoms with Gasteiger partial charge in [-0.25, -0.2) is 0 Å². The Morgan fingerprint density at radius 3 is 2.47 bits per heavy atom. The molecule has 0 amide bonds. The summed E-state index contributed by atoms with van der Waals surface area (Å²) < 4.78 is 0. The van der Waals surface area contributed by atoms with Gasteiger partial charge < -0.3 is 5.32 Å². The highest BCUT2D eigenvalue weighted by Gasteiger charge is 2.32. The predicted molar refractivity (Wildman–Crippen MR) is 67.2 cm³/mol. The molecule has 2 nitrogen and oxygen atoms in total. The van der Waals surface area contributed by atoms with E-state index in [4.69, 9.17) is 0 Å². The van der Waals surface area contributed by atoms with Gasteiger partial charge in [0.15, 0.2) is 0 Å². The topological polar surface area (TPSA) is 15.3 Å². The zero-order valence-corrected chi connectivity index (χ0v) is 11.1. The van der Waals surface area contributed by atoms with E-state index in [0.717, 1.165) is 18.5 Å². The number of nitrogens with zero attached hydrogens (tertiary/aromatic N) is 1. The summed E-state index contributed by atoms with van der Waals surface area (Å²) in [6.45, 7) is 15.2. The molecule has 1 aliphatic heterocycles. The van der Waals surface area contributed by atoms with Crippen LogP contribution in [-0.4, -0.2) is 36.1 Å². The van der Waals surface area contributed by atoms with Crippen LogP contribution in [0.1, 0.15) is 47.5 Å². The predicted octanol–water partition coefficient (Wildman–Crippen LogP) is 2.49. The van der Waals surface area contributed by atoms with Gasteiger partial charge in [0, 0.05) is 31.2 Å². The summed E-state index contributed by atoms with van der Waals surface area (Å²) in [4.78, 5) is 2.69. The minimum absolute atomic E-state index is 0.334. The molecule has 1 heterocycles. The van der Waals surface area contributed by atoms with Gasteiger partial charge in [-0.1, -0.05) is 27.7 Å². The second-order valence-corrected chi connectivity index (χ2v) is 5.53. The Morgan fingerprint density at radius 2 is 2.00 bits per heavy atom. The van der Waals surface area contributed by atoms with Crippen molar-refractivity contribution in [3.05, 3.63) is 0 Å². The first-order valence-corrected chi connectivity index (χ1v) is 6.51. The third-order valence-corrected chi connectivity index (χ3v) is 3.94. The van der Waals surface area contributed by atoms with Gasteiger partial charge in [-0.15, -0.1) is 0 Å². The van der Waals surface area contributed by atoms with E-state index in [2.05, 4.69) is 44.8 Å². The summed E-state index contributed by atoms with van der Waals surface area (Å²) in [5.74, 6) is 0.772. The van der Waals surface area contributed by atoms with Crippen LogP contribution >= 0.6 is 0 Å². The van der Waals surface area contributed by atoms with Gasteiger partial charge in [-0.05, 0) is 25.7 Å². The Balaban J connectivity index is 2.62. The molecule has 2 atom stereocenters. The highest BCUT2D eigenvalue weighted by molar-refractivity contribution is 4.92. The maximum atomic E-state index is 3.65. The van der Waals surface area contributed by atoms with Crippen LogP contribution in [0.15, 0.2) is 0 Å². The van der Waals surface area contributed by atoms with Crippen molar-refractivity contribution in [2.45, 2.75) is 59.0 Å². The molecule has 0 saturated carbocycles. The fourth-order valence-electron chi connectivity index (χ4n) is 2.76. The molecule has 0 aromatic rings.